The molecule has 2 unspecified atom stereocenters. The molecule has 0 fully saturated rings. The van der Waals surface area contributed by atoms with Crippen molar-refractivity contribution < 1.29 is 42.1 Å². The van der Waals surface area contributed by atoms with E-state index >= 15 is 0 Å². The molecular formula is C56H100NO8P. The van der Waals surface area contributed by atoms with Crippen molar-refractivity contribution in [3.63, 3.8) is 0 Å². The zero-order valence-electron chi connectivity index (χ0n) is 43.1. The standard InChI is InChI=1S/C56H100NO8P/c1-6-8-10-12-14-16-18-20-22-24-26-27-28-29-31-32-34-36-38-40-42-44-46-48-55(58)62-52-54(53-64-66(60,61)63-51-50-57(3,4)5)65-56(59)49-47-45-43-41-39-37-35-33-30-25-23-21-19-17-15-13-11-9-7-2/h9,11,15,17,21,23,30,33,37,39,43,45,54H,6-8,10,12-14,16,18-20,22,24-29,31-32,34-36,38,40-42,44,46-53H2,1-5H3/b11-9-,17-15-,23-21-,33-30-,39-37-,45-43-. The number of rotatable bonds is 48. The summed E-state index contributed by atoms with van der Waals surface area (Å²) in [5.74, 6) is -0.928. The highest BCUT2D eigenvalue weighted by molar-refractivity contribution is 7.45. The van der Waals surface area contributed by atoms with Crippen molar-refractivity contribution in [1.29, 1.82) is 0 Å². The van der Waals surface area contributed by atoms with E-state index in [2.05, 4.69) is 74.6 Å². The number of allylic oxidation sites excluding steroid dienone is 12. The number of likely N-dealkylation sites (N-methyl/N-ethyl adjacent to an activating group) is 1. The van der Waals surface area contributed by atoms with Crippen molar-refractivity contribution in [2.75, 3.05) is 47.5 Å². The molecule has 0 bridgehead atoms. The zero-order valence-corrected chi connectivity index (χ0v) is 44.0. The first kappa shape index (κ1) is 63.5. The van der Waals surface area contributed by atoms with Gasteiger partial charge >= 0.3 is 11.9 Å². The van der Waals surface area contributed by atoms with Crippen LogP contribution in [0.4, 0.5) is 0 Å². The maximum atomic E-state index is 12.7. The fourth-order valence-electron chi connectivity index (χ4n) is 7.15. The molecule has 0 N–H and O–H groups in total. The summed E-state index contributed by atoms with van der Waals surface area (Å²) >= 11 is 0. The van der Waals surface area contributed by atoms with Crippen LogP contribution in [-0.2, 0) is 32.7 Å². The van der Waals surface area contributed by atoms with Gasteiger partial charge in [0.25, 0.3) is 7.82 Å². The molecule has 0 aliphatic rings. The van der Waals surface area contributed by atoms with Gasteiger partial charge in [0.05, 0.1) is 27.7 Å². The van der Waals surface area contributed by atoms with E-state index < -0.39 is 32.5 Å². The lowest BCUT2D eigenvalue weighted by molar-refractivity contribution is -0.870. The molecule has 0 aliphatic carbocycles. The van der Waals surface area contributed by atoms with Crippen molar-refractivity contribution in [3.05, 3.63) is 72.9 Å². The van der Waals surface area contributed by atoms with E-state index in [1.807, 2.05) is 33.3 Å². The molecule has 9 nitrogen and oxygen atoms in total. The lowest BCUT2D eigenvalue weighted by Gasteiger charge is -2.28. The number of hydrogen-bond donors (Lipinski definition) is 0. The van der Waals surface area contributed by atoms with Crippen LogP contribution in [0.3, 0.4) is 0 Å². The molecule has 2 atom stereocenters. The summed E-state index contributed by atoms with van der Waals surface area (Å²) in [6.45, 7) is 4.05. The van der Waals surface area contributed by atoms with Crippen molar-refractivity contribution >= 4 is 19.8 Å². The second-order valence-electron chi connectivity index (χ2n) is 18.9. The fourth-order valence-corrected chi connectivity index (χ4v) is 7.88. The number of phosphoric ester groups is 1. The second kappa shape index (κ2) is 47.5. The maximum absolute atomic E-state index is 12.7. The van der Waals surface area contributed by atoms with Crippen LogP contribution in [-0.4, -0.2) is 70.0 Å². The van der Waals surface area contributed by atoms with Crippen molar-refractivity contribution in [1.82, 2.24) is 0 Å². The first-order valence-corrected chi connectivity index (χ1v) is 28.1. The SMILES string of the molecule is CC/C=C\C/C=C\C/C=C\C/C=C\C/C=C\C/C=C\CCC(=O)OC(COC(=O)CCCCCCCCCCCCCCCCCCCCCCCCC)COP(=O)([O-])OCC[N+](C)(C)C. The lowest BCUT2D eigenvalue weighted by Crippen LogP contribution is -2.37. The molecule has 0 heterocycles. The number of carbonyl (C=O) groups is 2. The summed E-state index contributed by atoms with van der Waals surface area (Å²) in [5.41, 5.74) is 0. The lowest BCUT2D eigenvalue weighted by atomic mass is 10.0. The number of ether oxygens (including phenoxy) is 2. The van der Waals surface area contributed by atoms with Gasteiger partial charge in [0.1, 0.15) is 19.8 Å². The Morgan fingerprint density at radius 2 is 0.864 bits per heavy atom. The van der Waals surface area contributed by atoms with Crippen LogP contribution in [0.15, 0.2) is 72.9 Å². The minimum absolute atomic E-state index is 0.0464. The molecule has 0 amide bonds. The molecule has 382 valence electrons. The average Bonchev–Trinajstić information content (AvgIpc) is 3.27. The third-order valence-electron chi connectivity index (χ3n) is 11.3. The van der Waals surface area contributed by atoms with E-state index in [0.717, 1.165) is 57.8 Å². The Bertz CT molecular complexity index is 1350. The summed E-state index contributed by atoms with van der Waals surface area (Å²) in [6, 6.07) is 0. The average molecular weight is 946 g/mol. The van der Waals surface area contributed by atoms with Crippen LogP contribution < -0.4 is 4.89 Å². The highest BCUT2D eigenvalue weighted by Crippen LogP contribution is 2.38. The van der Waals surface area contributed by atoms with Gasteiger partial charge in [-0.25, -0.2) is 0 Å². The van der Waals surface area contributed by atoms with E-state index in [1.54, 1.807) is 0 Å². The summed E-state index contributed by atoms with van der Waals surface area (Å²) in [5, 5.41) is 0. The summed E-state index contributed by atoms with van der Waals surface area (Å²) < 4.78 is 34.0. The number of quaternary nitrogens is 1. The Morgan fingerprint density at radius 1 is 0.485 bits per heavy atom. The minimum atomic E-state index is -4.65. The summed E-state index contributed by atoms with van der Waals surface area (Å²) in [7, 11) is 1.12. The smallest absolute Gasteiger partial charge is 0.306 e. The van der Waals surface area contributed by atoms with Gasteiger partial charge in [-0.05, 0) is 51.4 Å². The molecule has 66 heavy (non-hydrogen) atoms. The number of unbranched alkanes of at least 4 members (excludes halogenated alkanes) is 22. The number of carbonyl (C=O) groups excluding carboxylic acids is 2. The van der Waals surface area contributed by atoms with E-state index in [9.17, 15) is 19.0 Å². The van der Waals surface area contributed by atoms with Gasteiger partial charge in [-0.2, -0.15) is 0 Å². The molecule has 0 radical (unpaired) electrons. The molecule has 0 spiro atoms. The Kier molecular flexibility index (Phi) is 45.7. The number of nitrogens with zero attached hydrogens (tertiary/aromatic N) is 1. The summed E-state index contributed by atoms with van der Waals surface area (Å²) in [4.78, 5) is 37.7. The Balaban J connectivity index is 4.29. The molecule has 0 aromatic heterocycles. The van der Waals surface area contributed by atoms with Crippen LogP contribution in [0.5, 0.6) is 0 Å². The van der Waals surface area contributed by atoms with E-state index in [0.29, 0.717) is 17.4 Å². The first-order chi connectivity index (χ1) is 32.0. The number of esters is 2. The highest BCUT2D eigenvalue weighted by Gasteiger charge is 2.21. The molecule has 0 aromatic rings. The van der Waals surface area contributed by atoms with Crippen molar-refractivity contribution in [2.45, 2.75) is 225 Å². The van der Waals surface area contributed by atoms with Crippen LogP contribution >= 0.6 is 7.82 Å². The number of phosphoric acid groups is 1. The van der Waals surface area contributed by atoms with Gasteiger partial charge in [0.15, 0.2) is 6.10 Å². The van der Waals surface area contributed by atoms with Gasteiger partial charge in [-0.3, -0.25) is 14.2 Å². The van der Waals surface area contributed by atoms with Gasteiger partial charge < -0.3 is 27.9 Å². The Hall–Kier alpha value is -2.55. The Labute approximate surface area is 406 Å². The number of hydrogen-bond acceptors (Lipinski definition) is 8. The minimum Gasteiger partial charge on any atom is -0.756 e. The van der Waals surface area contributed by atoms with Crippen molar-refractivity contribution in [3.8, 4) is 0 Å². The summed E-state index contributed by atoms with van der Waals surface area (Å²) in [6.07, 6.45) is 61.1. The van der Waals surface area contributed by atoms with E-state index in [4.69, 9.17) is 18.5 Å². The molecule has 0 aromatic carbocycles. The molecular weight excluding hydrogens is 846 g/mol. The van der Waals surface area contributed by atoms with Crippen LogP contribution in [0.2, 0.25) is 0 Å². The monoisotopic (exact) mass is 946 g/mol. The van der Waals surface area contributed by atoms with Gasteiger partial charge in [0, 0.05) is 12.8 Å². The zero-order chi connectivity index (χ0) is 48.5. The van der Waals surface area contributed by atoms with Gasteiger partial charge in [0.2, 0.25) is 0 Å². The van der Waals surface area contributed by atoms with Gasteiger partial charge in [-0.1, -0.05) is 228 Å². The third kappa shape index (κ3) is 50.9. The molecule has 0 saturated carbocycles. The predicted octanol–water partition coefficient (Wildman–Crippen LogP) is 15.5. The van der Waals surface area contributed by atoms with Crippen molar-refractivity contribution in [2.24, 2.45) is 0 Å². The van der Waals surface area contributed by atoms with Crippen LogP contribution in [0.25, 0.3) is 0 Å². The topological polar surface area (TPSA) is 111 Å². The molecule has 10 heteroatoms. The molecule has 0 saturated heterocycles. The quantitative estimate of drug-likeness (QED) is 0.0195. The highest BCUT2D eigenvalue weighted by atomic mass is 31.2. The van der Waals surface area contributed by atoms with Crippen LogP contribution in [0.1, 0.15) is 219 Å². The fraction of sp³-hybridized carbons (Fsp3) is 0.750. The third-order valence-corrected chi connectivity index (χ3v) is 12.2. The predicted molar refractivity (Wildman–Crippen MR) is 277 cm³/mol. The van der Waals surface area contributed by atoms with E-state index in [-0.39, 0.29) is 26.1 Å². The van der Waals surface area contributed by atoms with E-state index in [1.165, 1.54) is 128 Å². The van der Waals surface area contributed by atoms with Gasteiger partial charge in [-0.15, -0.1) is 0 Å². The normalized spacial score (nSPS) is 14.0. The van der Waals surface area contributed by atoms with Crippen LogP contribution in [0, 0.1) is 0 Å². The largest absolute Gasteiger partial charge is 0.756 e. The molecule has 0 rings (SSSR count). The molecule has 0 aliphatic heterocycles. The Morgan fingerprint density at radius 3 is 1.26 bits per heavy atom. The first-order valence-electron chi connectivity index (χ1n) is 26.6. The second-order valence-corrected chi connectivity index (χ2v) is 20.3. The maximum Gasteiger partial charge on any atom is 0.306 e.